The Labute approximate surface area is 85.2 Å². The molecule has 15 heavy (non-hydrogen) atoms. The van der Waals surface area contributed by atoms with Gasteiger partial charge in [-0.3, -0.25) is 0 Å². The molecule has 1 aromatic rings. The minimum atomic E-state index is -1.33. The van der Waals surface area contributed by atoms with Crippen LogP contribution in [0.15, 0.2) is 12.2 Å². The Morgan fingerprint density at radius 1 is 0.933 bits per heavy atom. The van der Waals surface area contributed by atoms with E-state index in [1.54, 1.807) is 13.0 Å². The van der Waals surface area contributed by atoms with Crippen molar-refractivity contribution in [3.05, 3.63) is 46.5 Å². The van der Waals surface area contributed by atoms with Gasteiger partial charge in [0.05, 0.1) is 0 Å². The molecule has 82 valence electrons. The molecule has 0 spiro atoms. The van der Waals surface area contributed by atoms with Crippen molar-refractivity contribution in [1.82, 2.24) is 0 Å². The van der Waals surface area contributed by atoms with Crippen LogP contribution in [0.1, 0.15) is 18.1 Å². The van der Waals surface area contributed by atoms with Gasteiger partial charge in [-0.15, -0.1) is 0 Å². The summed E-state index contributed by atoms with van der Waals surface area (Å²) in [5.41, 5.74) is -1.21. The number of rotatable bonds is 2. The third-order valence-corrected chi connectivity index (χ3v) is 2.13. The fraction of sp³-hybridized carbons (Fsp3) is 0.273. The first-order valence-corrected chi connectivity index (χ1v) is 4.43. The predicted octanol–water partition coefficient (Wildman–Crippen LogP) is 3.67. The zero-order valence-electron chi connectivity index (χ0n) is 8.37. The maximum atomic E-state index is 13.2. The van der Waals surface area contributed by atoms with Crippen LogP contribution >= 0.6 is 0 Å². The van der Waals surface area contributed by atoms with Gasteiger partial charge >= 0.3 is 0 Å². The quantitative estimate of drug-likeness (QED) is 0.403. The Balaban J connectivity index is 3.38. The van der Waals surface area contributed by atoms with Crippen molar-refractivity contribution in [3.8, 4) is 0 Å². The minimum Gasteiger partial charge on any atom is -0.203 e. The van der Waals surface area contributed by atoms with Gasteiger partial charge in [-0.1, -0.05) is 12.2 Å². The molecule has 1 rings (SSSR count). The summed E-state index contributed by atoms with van der Waals surface area (Å²) >= 11 is 0. The van der Waals surface area contributed by atoms with E-state index in [1.807, 2.05) is 0 Å². The van der Waals surface area contributed by atoms with Gasteiger partial charge in [0, 0.05) is 11.1 Å². The number of allylic oxidation sites excluding steroid dienone is 2. The third kappa shape index (κ3) is 2.03. The Morgan fingerprint density at radius 2 is 1.40 bits per heavy atom. The van der Waals surface area contributed by atoms with Crippen molar-refractivity contribution in [2.45, 2.75) is 20.3 Å². The Bertz CT molecular complexity index is 379. The predicted molar refractivity (Wildman–Crippen MR) is 49.5 cm³/mol. The van der Waals surface area contributed by atoms with Crippen LogP contribution < -0.4 is 0 Å². The second kappa shape index (κ2) is 4.47. The van der Waals surface area contributed by atoms with E-state index in [9.17, 15) is 17.6 Å². The molecule has 0 aliphatic heterocycles. The third-order valence-electron chi connectivity index (χ3n) is 2.13. The largest absolute Gasteiger partial charge is 0.203 e. The van der Waals surface area contributed by atoms with E-state index in [2.05, 4.69) is 0 Å². The lowest BCUT2D eigenvalue weighted by Gasteiger charge is -2.07. The van der Waals surface area contributed by atoms with Crippen molar-refractivity contribution in [2.75, 3.05) is 0 Å². The number of halogens is 4. The molecule has 1 aromatic carbocycles. The van der Waals surface area contributed by atoms with Crippen LogP contribution in [0.2, 0.25) is 0 Å². The van der Waals surface area contributed by atoms with Gasteiger partial charge < -0.3 is 0 Å². The maximum absolute atomic E-state index is 13.2. The lowest BCUT2D eigenvalue weighted by atomic mass is 10.1. The molecule has 0 aliphatic carbocycles. The highest BCUT2D eigenvalue weighted by Gasteiger charge is 2.21. The molecule has 0 amide bonds. The summed E-state index contributed by atoms with van der Waals surface area (Å²) in [5.74, 6) is -5.28. The first-order valence-electron chi connectivity index (χ1n) is 4.43. The molecular formula is C11H10F4. The molecule has 0 unspecified atom stereocenters. The van der Waals surface area contributed by atoms with Gasteiger partial charge in [-0.25, -0.2) is 17.6 Å². The molecule has 0 bridgehead atoms. The van der Waals surface area contributed by atoms with Gasteiger partial charge in [0.1, 0.15) is 0 Å². The topological polar surface area (TPSA) is 0 Å². The van der Waals surface area contributed by atoms with E-state index in [1.165, 1.54) is 6.08 Å². The number of benzene rings is 1. The summed E-state index contributed by atoms with van der Waals surface area (Å²) in [7, 11) is 0. The highest BCUT2D eigenvalue weighted by Crippen LogP contribution is 2.23. The molecule has 4 heteroatoms. The average molecular weight is 218 g/mol. The lowest BCUT2D eigenvalue weighted by Crippen LogP contribution is -2.05. The van der Waals surface area contributed by atoms with Crippen molar-refractivity contribution < 1.29 is 17.6 Å². The van der Waals surface area contributed by atoms with Crippen LogP contribution in [0.5, 0.6) is 0 Å². The maximum Gasteiger partial charge on any atom is 0.165 e. The standard InChI is InChI=1S/C11H10F4/c1-3-4-5-7-10(14)8(12)6(2)9(13)11(7)15/h3-4H,5H2,1-2H3/b4-3+. The summed E-state index contributed by atoms with van der Waals surface area (Å²) < 4.78 is 52.5. The van der Waals surface area contributed by atoms with Crippen molar-refractivity contribution in [3.63, 3.8) is 0 Å². The second-order valence-electron chi connectivity index (χ2n) is 3.13. The normalized spacial score (nSPS) is 11.3. The molecular weight excluding hydrogens is 208 g/mol. The number of hydrogen-bond acceptors (Lipinski definition) is 0. The van der Waals surface area contributed by atoms with Crippen LogP contribution in [0.25, 0.3) is 0 Å². The van der Waals surface area contributed by atoms with Crippen molar-refractivity contribution in [2.24, 2.45) is 0 Å². The summed E-state index contributed by atoms with van der Waals surface area (Å²) in [6.07, 6.45) is 2.81. The van der Waals surface area contributed by atoms with E-state index in [0.717, 1.165) is 6.92 Å². The van der Waals surface area contributed by atoms with Crippen molar-refractivity contribution in [1.29, 1.82) is 0 Å². The Morgan fingerprint density at radius 3 is 1.80 bits per heavy atom. The van der Waals surface area contributed by atoms with Gasteiger partial charge in [0.15, 0.2) is 23.3 Å². The van der Waals surface area contributed by atoms with Gasteiger partial charge in [-0.2, -0.15) is 0 Å². The lowest BCUT2D eigenvalue weighted by molar-refractivity contribution is 0.434. The molecule has 0 fully saturated rings. The van der Waals surface area contributed by atoms with Gasteiger partial charge in [0.25, 0.3) is 0 Å². The fourth-order valence-corrected chi connectivity index (χ4v) is 1.20. The Hall–Kier alpha value is -1.32. The summed E-state index contributed by atoms with van der Waals surface area (Å²) in [4.78, 5) is 0. The SMILES string of the molecule is C/C=C/Cc1c(F)c(F)c(C)c(F)c1F. The average Bonchev–Trinajstić information content (AvgIpc) is 2.24. The summed E-state index contributed by atoms with van der Waals surface area (Å²) in [6.45, 7) is 2.65. The van der Waals surface area contributed by atoms with Crippen LogP contribution in [0, 0.1) is 30.2 Å². The van der Waals surface area contributed by atoms with Crippen LogP contribution in [-0.4, -0.2) is 0 Å². The molecule has 0 nitrogen and oxygen atoms in total. The zero-order valence-corrected chi connectivity index (χ0v) is 8.37. The highest BCUT2D eigenvalue weighted by molar-refractivity contribution is 5.30. The minimum absolute atomic E-state index is 0.164. The highest BCUT2D eigenvalue weighted by atomic mass is 19.2. The Kier molecular flexibility index (Phi) is 3.50. The van der Waals surface area contributed by atoms with Crippen LogP contribution in [0.4, 0.5) is 17.6 Å². The molecule has 0 saturated carbocycles. The van der Waals surface area contributed by atoms with Crippen LogP contribution in [-0.2, 0) is 6.42 Å². The van der Waals surface area contributed by atoms with Crippen LogP contribution in [0.3, 0.4) is 0 Å². The number of hydrogen-bond donors (Lipinski definition) is 0. The van der Waals surface area contributed by atoms with Crippen molar-refractivity contribution >= 4 is 0 Å². The molecule has 0 N–H and O–H groups in total. The van der Waals surface area contributed by atoms with E-state index in [0.29, 0.717) is 0 Å². The van der Waals surface area contributed by atoms with E-state index >= 15 is 0 Å². The summed E-state index contributed by atoms with van der Waals surface area (Å²) in [5, 5.41) is 0. The van der Waals surface area contributed by atoms with E-state index < -0.39 is 34.4 Å². The van der Waals surface area contributed by atoms with Gasteiger partial charge in [-0.05, 0) is 20.3 Å². The smallest absolute Gasteiger partial charge is 0.165 e. The summed E-state index contributed by atoms with van der Waals surface area (Å²) in [6, 6.07) is 0. The van der Waals surface area contributed by atoms with E-state index in [-0.39, 0.29) is 6.42 Å². The first-order chi connectivity index (χ1) is 7.00. The second-order valence-corrected chi connectivity index (χ2v) is 3.13. The molecule has 0 aromatic heterocycles. The fourth-order valence-electron chi connectivity index (χ4n) is 1.20. The van der Waals surface area contributed by atoms with E-state index in [4.69, 9.17) is 0 Å². The van der Waals surface area contributed by atoms with Gasteiger partial charge in [0.2, 0.25) is 0 Å². The molecule has 0 saturated heterocycles. The molecule has 0 radical (unpaired) electrons. The molecule has 0 heterocycles. The first kappa shape index (κ1) is 11.8. The molecule has 0 atom stereocenters. The zero-order chi connectivity index (χ0) is 11.6. The monoisotopic (exact) mass is 218 g/mol. The molecule has 0 aliphatic rings.